The van der Waals surface area contributed by atoms with Gasteiger partial charge in [-0.2, -0.15) is 0 Å². The molecule has 2 aliphatic rings. The molecule has 2 aliphatic heterocycles. The van der Waals surface area contributed by atoms with Gasteiger partial charge in [0, 0.05) is 57.9 Å². The van der Waals surface area contributed by atoms with Crippen molar-refractivity contribution in [2.75, 3.05) is 44.7 Å². The summed E-state index contributed by atoms with van der Waals surface area (Å²) in [7, 11) is 1.85. The third-order valence-corrected chi connectivity index (χ3v) is 7.12. The number of piperazine rings is 1. The van der Waals surface area contributed by atoms with E-state index in [1.807, 2.05) is 19.2 Å². The average molecular weight is 471 g/mol. The number of amides is 1. The highest BCUT2D eigenvalue weighted by Crippen LogP contribution is 2.25. The van der Waals surface area contributed by atoms with Crippen molar-refractivity contribution >= 4 is 11.6 Å². The van der Waals surface area contributed by atoms with Crippen LogP contribution in [0, 0.1) is 17.6 Å². The monoisotopic (exact) mass is 470 g/mol. The van der Waals surface area contributed by atoms with Gasteiger partial charge in [0.2, 0.25) is 5.91 Å². The Bertz CT molecular complexity index is 960. The first-order valence-electron chi connectivity index (χ1n) is 12.3. The number of hydrogen-bond donors (Lipinski definition) is 1. The van der Waals surface area contributed by atoms with Crippen molar-refractivity contribution in [1.29, 1.82) is 0 Å². The molecule has 1 atom stereocenters. The van der Waals surface area contributed by atoms with E-state index in [1.165, 1.54) is 17.7 Å². The van der Waals surface area contributed by atoms with Crippen molar-refractivity contribution in [3.63, 3.8) is 0 Å². The maximum absolute atomic E-state index is 13.5. The van der Waals surface area contributed by atoms with E-state index in [0.29, 0.717) is 24.9 Å². The van der Waals surface area contributed by atoms with E-state index in [2.05, 4.69) is 34.2 Å². The molecule has 0 bridgehead atoms. The quantitative estimate of drug-likeness (QED) is 0.664. The van der Waals surface area contributed by atoms with E-state index in [0.717, 1.165) is 63.4 Å². The van der Waals surface area contributed by atoms with Crippen LogP contribution in [0.4, 0.5) is 14.5 Å². The topological polar surface area (TPSA) is 38.8 Å². The van der Waals surface area contributed by atoms with Gasteiger partial charge in [0.1, 0.15) is 0 Å². The van der Waals surface area contributed by atoms with Gasteiger partial charge in [0.25, 0.3) is 0 Å². The van der Waals surface area contributed by atoms with Gasteiger partial charge in [-0.15, -0.1) is 0 Å². The van der Waals surface area contributed by atoms with Gasteiger partial charge in [-0.05, 0) is 74.2 Å². The summed E-state index contributed by atoms with van der Waals surface area (Å²) in [4.78, 5) is 19.4. The van der Waals surface area contributed by atoms with Gasteiger partial charge in [-0.1, -0.05) is 18.2 Å². The van der Waals surface area contributed by atoms with Crippen LogP contribution in [0.1, 0.15) is 37.3 Å². The Balaban J connectivity index is 1.22. The van der Waals surface area contributed by atoms with Crippen molar-refractivity contribution in [1.82, 2.24) is 15.1 Å². The second-order valence-electron chi connectivity index (χ2n) is 9.88. The first-order chi connectivity index (χ1) is 16.4. The zero-order chi connectivity index (χ0) is 24.1. The van der Waals surface area contributed by atoms with Crippen molar-refractivity contribution in [3.05, 3.63) is 65.2 Å². The van der Waals surface area contributed by atoms with Gasteiger partial charge < -0.3 is 10.2 Å². The summed E-state index contributed by atoms with van der Waals surface area (Å²) >= 11 is 0. The summed E-state index contributed by atoms with van der Waals surface area (Å²) in [5, 5.41) is 3.47. The van der Waals surface area contributed by atoms with E-state index >= 15 is 0 Å². The fourth-order valence-corrected chi connectivity index (χ4v) is 5.01. The summed E-state index contributed by atoms with van der Waals surface area (Å²) in [5.74, 6) is -1.12. The van der Waals surface area contributed by atoms with Gasteiger partial charge in [-0.3, -0.25) is 14.6 Å². The molecule has 2 aromatic rings. The number of likely N-dealkylation sites (tertiary alicyclic amines) is 1. The molecule has 5 nitrogen and oxygen atoms in total. The van der Waals surface area contributed by atoms with E-state index in [4.69, 9.17) is 0 Å². The SMILES string of the molecule is C[C@H]1CN(Cc2ccc(N(C)C(=O)CC3CCN(Cc4ccc(F)c(F)c4)CC3)cc2)CCN1. The maximum Gasteiger partial charge on any atom is 0.226 e. The fourth-order valence-electron chi connectivity index (χ4n) is 5.01. The lowest BCUT2D eigenvalue weighted by atomic mass is 9.92. The second-order valence-corrected chi connectivity index (χ2v) is 9.88. The van der Waals surface area contributed by atoms with Gasteiger partial charge in [-0.25, -0.2) is 8.78 Å². The van der Waals surface area contributed by atoms with Crippen LogP contribution in [0.3, 0.4) is 0 Å². The molecule has 2 aromatic carbocycles. The fraction of sp³-hybridized carbons (Fsp3) is 0.519. The minimum atomic E-state index is -0.811. The largest absolute Gasteiger partial charge is 0.315 e. The molecule has 0 unspecified atom stereocenters. The Morgan fingerprint density at radius 3 is 2.32 bits per heavy atom. The van der Waals surface area contributed by atoms with E-state index in [1.54, 1.807) is 11.0 Å². The molecular formula is C27H36F2N4O. The first-order valence-corrected chi connectivity index (χ1v) is 12.3. The third kappa shape index (κ3) is 6.62. The highest BCUT2D eigenvalue weighted by Gasteiger charge is 2.24. The summed E-state index contributed by atoms with van der Waals surface area (Å²) in [6, 6.07) is 13.0. The molecule has 2 saturated heterocycles. The van der Waals surface area contributed by atoms with Crippen LogP contribution >= 0.6 is 0 Å². The molecule has 184 valence electrons. The molecule has 1 N–H and O–H groups in total. The Labute approximate surface area is 201 Å². The number of nitrogens with one attached hydrogen (secondary N) is 1. The molecule has 2 heterocycles. The molecule has 0 saturated carbocycles. The van der Waals surface area contributed by atoms with Gasteiger partial charge in [0.05, 0.1) is 0 Å². The Morgan fingerprint density at radius 2 is 1.65 bits per heavy atom. The van der Waals surface area contributed by atoms with Crippen molar-refractivity contribution < 1.29 is 13.6 Å². The average Bonchev–Trinajstić information content (AvgIpc) is 2.83. The molecule has 34 heavy (non-hydrogen) atoms. The van der Waals surface area contributed by atoms with Crippen LogP contribution in [0.15, 0.2) is 42.5 Å². The smallest absolute Gasteiger partial charge is 0.226 e. The van der Waals surface area contributed by atoms with Crippen LogP contribution in [0.2, 0.25) is 0 Å². The van der Waals surface area contributed by atoms with E-state index in [-0.39, 0.29) is 5.91 Å². The number of benzene rings is 2. The van der Waals surface area contributed by atoms with Crippen molar-refractivity contribution in [2.24, 2.45) is 5.92 Å². The molecule has 2 fully saturated rings. The standard InChI is InChI=1S/C27H36F2N4O/c1-20-17-33(14-11-30-20)18-22-3-6-24(7-4-22)31(2)27(34)16-21-9-12-32(13-10-21)19-23-5-8-25(28)26(29)15-23/h3-8,15,20-21,30H,9-14,16-19H2,1-2H3/t20-/m0/s1. The van der Waals surface area contributed by atoms with Crippen LogP contribution in [0.5, 0.6) is 0 Å². The predicted molar refractivity (Wildman–Crippen MR) is 132 cm³/mol. The lowest BCUT2D eigenvalue weighted by Crippen LogP contribution is -2.48. The number of carbonyl (C=O) groups is 1. The van der Waals surface area contributed by atoms with Crippen molar-refractivity contribution in [2.45, 2.75) is 45.3 Å². The minimum Gasteiger partial charge on any atom is -0.315 e. The summed E-state index contributed by atoms with van der Waals surface area (Å²) in [6.45, 7) is 8.63. The highest BCUT2D eigenvalue weighted by molar-refractivity contribution is 5.92. The number of carbonyl (C=O) groups excluding carboxylic acids is 1. The van der Waals surface area contributed by atoms with Crippen LogP contribution in [0.25, 0.3) is 0 Å². The molecule has 0 aliphatic carbocycles. The molecule has 7 heteroatoms. The zero-order valence-electron chi connectivity index (χ0n) is 20.3. The number of anilines is 1. The van der Waals surface area contributed by atoms with E-state index in [9.17, 15) is 13.6 Å². The lowest BCUT2D eigenvalue weighted by molar-refractivity contribution is -0.119. The van der Waals surface area contributed by atoms with Gasteiger partial charge >= 0.3 is 0 Å². The second kappa shape index (κ2) is 11.4. The van der Waals surface area contributed by atoms with Crippen molar-refractivity contribution in [3.8, 4) is 0 Å². The number of rotatable bonds is 7. The lowest BCUT2D eigenvalue weighted by Gasteiger charge is -2.32. The van der Waals surface area contributed by atoms with Crippen LogP contribution in [-0.2, 0) is 17.9 Å². The van der Waals surface area contributed by atoms with E-state index < -0.39 is 11.6 Å². The molecule has 0 aromatic heterocycles. The molecular weight excluding hydrogens is 434 g/mol. The number of halogens is 2. The highest BCUT2D eigenvalue weighted by atomic mass is 19.2. The molecule has 4 rings (SSSR count). The zero-order valence-corrected chi connectivity index (χ0v) is 20.3. The van der Waals surface area contributed by atoms with Gasteiger partial charge in [0.15, 0.2) is 11.6 Å². The normalized spacial score (nSPS) is 20.4. The minimum absolute atomic E-state index is 0.141. The number of hydrogen-bond acceptors (Lipinski definition) is 4. The Hall–Kier alpha value is -2.35. The molecule has 0 radical (unpaired) electrons. The predicted octanol–water partition coefficient (Wildman–Crippen LogP) is 4.02. The number of nitrogens with zero attached hydrogens (tertiary/aromatic N) is 3. The summed E-state index contributed by atoms with van der Waals surface area (Å²) in [6.07, 6.45) is 2.41. The summed E-state index contributed by atoms with van der Waals surface area (Å²) in [5.41, 5.74) is 2.98. The first kappa shape index (κ1) is 24.8. The summed E-state index contributed by atoms with van der Waals surface area (Å²) < 4.78 is 26.6. The third-order valence-electron chi connectivity index (χ3n) is 7.12. The molecule has 0 spiro atoms. The Kier molecular flexibility index (Phi) is 8.29. The van der Waals surface area contributed by atoms with Crippen LogP contribution in [-0.4, -0.2) is 61.5 Å². The maximum atomic E-state index is 13.5. The van der Waals surface area contributed by atoms with Crippen LogP contribution < -0.4 is 10.2 Å². The Morgan fingerprint density at radius 1 is 0.971 bits per heavy atom. The number of piperidine rings is 1. The molecule has 1 amide bonds.